The van der Waals surface area contributed by atoms with Crippen molar-refractivity contribution in [2.75, 3.05) is 13.2 Å². The van der Waals surface area contributed by atoms with Crippen LogP contribution in [0, 0.1) is 0 Å². The van der Waals surface area contributed by atoms with Gasteiger partial charge in [-0.25, -0.2) is 0 Å². The number of fused-ring (bicyclic) bond motifs is 1. The number of rotatable bonds is 5. The highest BCUT2D eigenvalue weighted by atomic mass is 35.5. The molecule has 5 rings (SSSR count). The van der Waals surface area contributed by atoms with E-state index in [9.17, 15) is 0 Å². The molecule has 27 heavy (non-hydrogen) atoms. The van der Waals surface area contributed by atoms with Crippen LogP contribution in [-0.4, -0.2) is 33.0 Å². The van der Waals surface area contributed by atoms with Gasteiger partial charge in [-0.3, -0.25) is 9.55 Å². The van der Waals surface area contributed by atoms with Crippen LogP contribution in [0.1, 0.15) is 24.4 Å². The topological polar surface area (TPSA) is 62.1 Å². The number of thioether (sulfide) groups is 1. The van der Waals surface area contributed by atoms with Crippen LogP contribution in [0.25, 0.3) is 11.4 Å². The molecule has 0 radical (unpaired) electrons. The van der Waals surface area contributed by atoms with Crippen LogP contribution in [0.15, 0.2) is 41.8 Å². The summed E-state index contributed by atoms with van der Waals surface area (Å²) < 4.78 is 13.5. The molecule has 1 saturated carbocycles. The Morgan fingerprint density at radius 1 is 1.19 bits per heavy atom. The monoisotopic (exact) mass is 400 g/mol. The first kappa shape index (κ1) is 16.9. The van der Waals surface area contributed by atoms with E-state index in [1.54, 1.807) is 18.0 Å². The highest BCUT2D eigenvalue weighted by Gasteiger charge is 2.30. The number of nitrogens with zero attached hydrogens (tertiary/aromatic N) is 4. The van der Waals surface area contributed by atoms with Gasteiger partial charge in [0.1, 0.15) is 13.2 Å². The standard InChI is InChI=1S/C19H17ClN4O2S/c20-15-8-12(9-16-17(15)26-7-6-25-16)11-27-19-23-22-18(24(19)14-3-4-14)13-2-1-5-21-10-13/h1-2,5,8-10,14H,3-4,6-7,11H2. The van der Waals surface area contributed by atoms with Gasteiger partial charge in [-0.2, -0.15) is 0 Å². The van der Waals surface area contributed by atoms with Crippen molar-refractivity contribution in [3.05, 3.63) is 47.2 Å². The molecule has 0 bridgehead atoms. The normalized spacial score (nSPS) is 15.7. The summed E-state index contributed by atoms with van der Waals surface area (Å²) in [6.07, 6.45) is 5.92. The van der Waals surface area contributed by atoms with Gasteiger partial charge in [-0.05, 0) is 42.7 Å². The molecular formula is C19H17ClN4O2S. The van der Waals surface area contributed by atoms with Crippen LogP contribution >= 0.6 is 23.4 Å². The molecule has 6 nitrogen and oxygen atoms in total. The third kappa shape index (κ3) is 3.37. The number of pyridine rings is 1. The number of hydrogen-bond acceptors (Lipinski definition) is 6. The summed E-state index contributed by atoms with van der Waals surface area (Å²) in [5, 5.41) is 10.4. The predicted octanol–water partition coefficient (Wildman–Crippen LogP) is 4.39. The van der Waals surface area contributed by atoms with Crippen LogP contribution in [0.2, 0.25) is 5.02 Å². The minimum absolute atomic E-state index is 0.474. The SMILES string of the molecule is Clc1cc(CSc2nnc(-c3cccnc3)n2C2CC2)cc2c1OCCO2. The average molecular weight is 401 g/mol. The third-order valence-corrected chi connectivity index (χ3v) is 5.82. The fourth-order valence-corrected chi connectivity index (χ4v) is 4.35. The van der Waals surface area contributed by atoms with Crippen molar-refractivity contribution in [2.24, 2.45) is 0 Å². The van der Waals surface area contributed by atoms with E-state index in [4.69, 9.17) is 21.1 Å². The number of benzene rings is 1. The molecule has 0 unspecified atom stereocenters. The van der Waals surface area contributed by atoms with E-state index in [0.29, 0.717) is 35.8 Å². The number of aromatic nitrogens is 4. The maximum atomic E-state index is 6.35. The molecule has 2 aromatic heterocycles. The summed E-state index contributed by atoms with van der Waals surface area (Å²) in [5.74, 6) is 2.96. The van der Waals surface area contributed by atoms with Crippen molar-refractivity contribution in [3.63, 3.8) is 0 Å². The zero-order valence-electron chi connectivity index (χ0n) is 14.5. The van der Waals surface area contributed by atoms with Crippen molar-refractivity contribution in [3.8, 4) is 22.9 Å². The Morgan fingerprint density at radius 3 is 2.89 bits per heavy atom. The molecule has 3 heterocycles. The molecule has 1 aromatic carbocycles. The maximum Gasteiger partial charge on any atom is 0.192 e. The number of ether oxygens (including phenoxy) is 2. The first-order chi connectivity index (χ1) is 13.3. The van der Waals surface area contributed by atoms with Gasteiger partial charge in [0.15, 0.2) is 22.5 Å². The molecule has 1 fully saturated rings. The lowest BCUT2D eigenvalue weighted by Gasteiger charge is -2.20. The van der Waals surface area contributed by atoms with Gasteiger partial charge >= 0.3 is 0 Å². The highest BCUT2D eigenvalue weighted by molar-refractivity contribution is 7.98. The Balaban J connectivity index is 1.40. The molecule has 0 N–H and O–H groups in total. The van der Waals surface area contributed by atoms with Crippen LogP contribution in [0.4, 0.5) is 0 Å². The number of hydrogen-bond donors (Lipinski definition) is 0. The summed E-state index contributed by atoms with van der Waals surface area (Å²) >= 11 is 8.01. The largest absolute Gasteiger partial charge is 0.486 e. The van der Waals surface area contributed by atoms with E-state index in [1.807, 2.05) is 30.5 Å². The van der Waals surface area contributed by atoms with E-state index >= 15 is 0 Å². The zero-order valence-corrected chi connectivity index (χ0v) is 16.0. The minimum Gasteiger partial charge on any atom is -0.486 e. The molecule has 1 aliphatic heterocycles. The second kappa shape index (κ2) is 7.05. The molecule has 2 aliphatic rings. The first-order valence-electron chi connectivity index (χ1n) is 8.86. The fourth-order valence-electron chi connectivity index (χ4n) is 3.12. The number of halogens is 1. The molecule has 8 heteroatoms. The quantitative estimate of drug-likeness (QED) is 0.592. The summed E-state index contributed by atoms with van der Waals surface area (Å²) in [5.41, 5.74) is 2.06. The molecule has 138 valence electrons. The molecule has 0 atom stereocenters. The summed E-state index contributed by atoms with van der Waals surface area (Å²) in [4.78, 5) is 4.21. The van der Waals surface area contributed by atoms with Crippen LogP contribution in [0.5, 0.6) is 11.5 Å². The second-order valence-electron chi connectivity index (χ2n) is 6.54. The van der Waals surface area contributed by atoms with Crippen molar-refractivity contribution < 1.29 is 9.47 Å². The molecule has 0 amide bonds. The Hall–Kier alpha value is -2.25. The minimum atomic E-state index is 0.474. The molecule has 1 aliphatic carbocycles. The first-order valence-corrected chi connectivity index (χ1v) is 10.2. The van der Waals surface area contributed by atoms with Gasteiger partial charge < -0.3 is 9.47 Å². The second-order valence-corrected chi connectivity index (χ2v) is 7.89. The molecular weight excluding hydrogens is 384 g/mol. The van der Waals surface area contributed by atoms with E-state index < -0.39 is 0 Å². The highest BCUT2D eigenvalue weighted by Crippen LogP contribution is 2.43. The van der Waals surface area contributed by atoms with Crippen LogP contribution in [0.3, 0.4) is 0 Å². The van der Waals surface area contributed by atoms with Gasteiger partial charge in [-0.1, -0.05) is 23.4 Å². The van der Waals surface area contributed by atoms with E-state index in [2.05, 4.69) is 19.7 Å². The van der Waals surface area contributed by atoms with Gasteiger partial charge in [-0.15, -0.1) is 10.2 Å². The Bertz CT molecular complexity index is 975. The summed E-state index contributed by atoms with van der Waals surface area (Å²) in [7, 11) is 0. The lowest BCUT2D eigenvalue weighted by atomic mass is 10.2. The van der Waals surface area contributed by atoms with Gasteiger partial charge in [0.05, 0.1) is 5.02 Å². The van der Waals surface area contributed by atoms with Crippen molar-refractivity contribution in [1.29, 1.82) is 0 Å². The van der Waals surface area contributed by atoms with Gasteiger partial charge in [0.25, 0.3) is 0 Å². The Kier molecular flexibility index (Phi) is 4.41. The molecule has 3 aromatic rings. The lowest BCUT2D eigenvalue weighted by Crippen LogP contribution is -2.15. The van der Waals surface area contributed by atoms with E-state index in [1.165, 1.54) is 0 Å². The third-order valence-electron chi connectivity index (χ3n) is 4.52. The van der Waals surface area contributed by atoms with Crippen molar-refractivity contribution >= 4 is 23.4 Å². The Labute approximate surface area is 165 Å². The maximum absolute atomic E-state index is 6.35. The summed E-state index contributed by atoms with van der Waals surface area (Å²) in [6.45, 7) is 1.08. The van der Waals surface area contributed by atoms with E-state index in [-0.39, 0.29) is 0 Å². The smallest absolute Gasteiger partial charge is 0.192 e. The Morgan fingerprint density at radius 2 is 2.07 bits per heavy atom. The van der Waals surface area contributed by atoms with Crippen LogP contribution < -0.4 is 9.47 Å². The predicted molar refractivity (Wildman–Crippen MR) is 104 cm³/mol. The zero-order chi connectivity index (χ0) is 18.2. The lowest BCUT2D eigenvalue weighted by molar-refractivity contribution is 0.171. The summed E-state index contributed by atoms with van der Waals surface area (Å²) in [6, 6.07) is 8.34. The van der Waals surface area contributed by atoms with Crippen LogP contribution in [-0.2, 0) is 5.75 Å². The molecule has 0 saturated heterocycles. The van der Waals surface area contributed by atoms with Crippen molar-refractivity contribution in [1.82, 2.24) is 19.7 Å². The van der Waals surface area contributed by atoms with Gasteiger partial charge in [0.2, 0.25) is 0 Å². The molecule has 0 spiro atoms. The van der Waals surface area contributed by atoms with E-state index in [0.717, 1.165) is 40.7 Å². The fraction of sp³-hybridized carbons (Fsp3) is 0.316. The van der Waals surface area contributed by atoms with Crippen molar-refractivity contribution in [2.45, 2.75) is 29.8 Å². The average Bonchev–Trinajstić information content (AvgIpc) is 3.46. The van der Waals surface area contributed by atoms with Gasteiger partial charge in [0, 0.05) is 29.8 Å².